The number of hydrazine groups is 1. The highest BCUT2D eigenvalue weighted by Gasteiger charge is 2.48. The monoisotopic (exact) mass is 541 g/mol. The van der Waals surface area contributed by atoms with Crippen molar-refractivity contribution in [2.75, 3.05) is 25.6 Å². The van der Waals surface area contributed by atoms with Crippen LogP contribution in [-0.4, -0.2) is 84.1 Å². The summed E-state index contributed by atoms with van der Waals surface area (Å²) >= 11 is 6.53. The lowest BCUT2D eigenvalue weighted by molar-refractivity contribution is -0.224. The zero-order chi connectivity index (χ0) is 25.5. The van der Waals surface area contributed by atoms with Crippen LogP contribution in [0.25, 0.3) is 0 Å². The average molecular weight is 542 g/mol. The van der Waals surface area contributed by atoms with Crippen molar-refractivity contribution in [2.45, 2.75) is 59.2 Å². The Bertz CT molecular complexity index is 863. The van der Waals surface area contributed by atoms with Gasteiger partial charge in [-0.05, 0) is 25.7 Å². The van der Waals surface area contributed by atoms with Gasteiger partial charge in [-0.1, -0.05) is 11.8 Å². The van der Waals surface area contributed by atoms with Crippen LogP contribution in [0.5, 0.6) is 0 Å². The highest BCUT2D eigenvalue weighted by molar-refractivity contribution is 8.15. The molecule has 2 aliphatic rings. The van der Waals surface area contributed by atoms with E-state index < -0.39 is 49.1 Å². The van der Waals surface area contributed by atoms with Crippen molar-refractivity contribution in [3.8, 4) is 0 Å². The minimum atomic E-state index is -3.05. The second-order valence-corrected chi connectivity index (χ2v) is 11.0. The van der Waals surface area contributed by atoms with Gasteiger partial charge in [-0.3, -0.25) is 19.2 Å². The highest BCUT2D eigenvalue weighted by atomic mass is 32.5. The van der Waals surface area contributed by atoms with Crippen LogP contribution >= 0.6 is 18.4 Å². The molecule has 2 rings (SSSR count). The highest BCUT2D eigenvalue weighted by Crippen LogP contribution is 2.45. The predicted octanol–water partition coefficient (Wildman–Crippen LogP) is 0.871. The van der Waals surface area contributed by atoms with Crippen molar-refractivity contribution in [1.82, 2.24) is 10.2 Å². The zero-order valence-corrected chi connectivity index (χ0v) is 21.9. The van der Waals surface area contributed by atoms with E-state index in [9.17, 15) is 19.2 Å². The number of esters is 3. The molecule has 0 aliphatic carbocycles. The van der Waals surface area contributed by atoms with Crippen molar-refractivity contribution >= 4 is 59.2 Å². The largest absolute Gasteiger partial charge is 0.456 e. The second-order valence-electron chi connectivity index (χ2n) is 6.88. The van der Waals surface area contributed by atoms with Gasteiger partial charge in [-0.15, -0.1) is 5.20 Å². The van der Waals surface area contributed by atoms with E-state index in [4.69, 9.17) is 39.8 Å². The van der Waals surface area contributed by atoms with Gasteiger partial charge in [0.1, 0.15) is 0 Å². The Labute approximate surface area is 206 Å². The molecule has 2 saturated heterocycles. The van der Waals surface area contributed by atoms with Gasteiger partial charge in [0.05, 0.1) is 25.6 Å². The van der Waals surface area contributed by atoms with Gasteiger partial charge in [-0.2, -0.15) is 0 Å². The average Bonchev–Trinajstić information content (AvgIpc) is 3.04. The maximum Gasteiger partial charge on any atom is 0.303 e. The number of hydrogen-bond acceptors (Lipinski definition) is 13. The molecule has 0 aromatic rings. The molecule has 2 fully saturated rings. The van der Waals surface area contributed by atoms with Crippen molar-refractivity contribution in [1.29, 1.82) is 0 Å². The van der Waals surface area contributed by atoms with Crippen LogP contribution in [0.1, 0.15) is 34.6 Å². The normalized spacial score (nSPS) is 26.4. The Hall–Kier alpha value is -1.61. The van der Waals surface area contributed by atoms with E-state index in [0.29, 0.717) is 0 Å². The lowest BCUT2D eigenvalue weighted by Crippen LogP contribution is -2.57. The smallest absolute Gasteiger partial charge is 0.303 e. The number of carbonyl (C=O) groups excluding carboxylic acids is 4. The molecular weight excluding hydrogens is 513 g/mol. The summed E-state index contributed by atoms with van der Waals surface area (Å²) in [6.45, 7) is 4.26. The standard InChI is InChI=1S/C18H28N3O10PS2/c1-6-27-32(33,28-7-2)20-21-14(25)9-34-18(21)19-17-16(31-12(5)24)15(30-11(4)23)13(8-26-17)29-10(3)22/h13,15-17H,6-9H2,1-5H3,(H,20,33)/b19-18+/t13-,15+,16-,17-/m1/s1. The summed E-state index contributed by atoms with van der Waals surface area (Å²) in [5.41, 5.74) is 0. The van der Waals surface area contributed by atoms with Gasteiger partial charge >= 0.3 is 17.9 Å². The summed E-state index contributed by atoms with van der Waals surface area (Å²) in [6, 6.07) is 0. The molecule has 1 amide bonds. The fourth-order valence-electron chi connectivity index (χ4n) is 3.06. The van der Waals surface area contributed by atoms with Crippen LogP contribution in [-0.2, 0) is 59.0 Å². The molecule has 0 saturated carbocycles. The van der Waals surface area contributed by atoms with Crippen molar-refractivity contribution in [2.24, 2.45) is 4.99 Å². The summed E-state index contributed by atoms with van der Waals surface area (Å²) in [6.07, 6.45) is -4.66. The first-order valence-corrected chi connectivity index (χ1v) is 14.0. The van der Waals surface area contributed by atoms with E-state index >= 15 is 0 Å². The lowest BCUT2D eigenvalue weighted by Gasteiger charge is -2.39. The number of amidine groups is 1. The predicted molar refractivity (Wildman–Crippen MR) is 124 cm³/mol. The molecule has 0 bridgehead atoms. The van der Waals surface area contributed by atoms with Crippen LogP contribution in [0.3, 0.4) is 0 Å². The van der Waals surface area contributed by atoms with E-state index in [1.54, 1.807) is 13.8 Å². The minimum absolute atomic E-state index is 0.0494. The summed E-state index contributed by atoms with van der Waals surface area (Å²) in [5, 5.41) is 4.09. The van der Waals surface area contributed by atoms with Gasteiger partial charge in [0.15, 0.2) is 29.7 Å². The molecule has 0 aromatic heterocycles. The number of aliphatic imine (C=N–C) groups is 1. The third-order valence-electron chi connectivity index (χ3n) is 4.15. The van der Waals surface area contributed by atoms with Gasteiger partial charge in [0.2, 0.25) is 0 Å². The molecule has 0 spiro atoms. The van der Waals surface area contributed by atoms with Crippen LogP contribution in [0, 0.1) is 0 Å². The maximum atomic E-state index is 12.5. The second kappa shape index (κ2) is 12.9. The Kier molecular flexibility index (Phi) is 10.9. The summed E-state index contributed by atoms with van der Waals surface area (Å²) in [7, 11) is 0. The van der Waals surface area contributed by atoms with Crippen LogP contribution in [0.4, 0.5) is 0 Å². The molecule has 4 atom stereocenters. The molecule has 0 radical (unpaired) electrons. The van der Waals surface area contributed by atoms with E-state index in [-0.39, 0.29) is 36.6 Å². The number of amides is 1. The van der Waals surface area contributed by atoms with Crippen LogP contribution < -0.4 is 5.20 Å². The number of rotatable bonds is 10. The van der Waals surface area contributed by atoms with Crippen molar-refractivity contribution in [3.05, 3.63) is 0 Å². The minimum Gasteiger partial charge on any atom is -0.456 e. The number of nitrogens with zero attached hydrogens (tertiary/aromatic N) is 2. The molecule has 13 nitrogen and oxygen atoms in total. The zero-order valence-electron chi connectivity index (χ0n) is 19.4. The van der Waals surface area contributed by atoms with Gasteiger partial charge in [0.25, 0.3) is 12.5 Å². The van der Waals surface area contributed by atoms with E-state index in [1.165, 1.54) is 6.92 Å². The Balaban J connectivity index is 2.37. The molecule has 192 valence electrons. The first-order chi connectivity index (χ1) is 16.0. The topological polar surface area (TPSA) is 151 Å². The number of hydrogen-bond donors (Lipinski definition) is 1. The van der Waals surface area contributed by atoms with E-state index in [1.807, 2.05) is 0 Å². The summed E-state index contributed by atoms with van der Waals surface area (Å²) < 4.78 is 32.6. The molecule has 34 heavy (non-hydrogen) atoms. The first-order valence-electron chi connectivity index (χ1n) is 10.3. The molecule has 16 heteroatoms. The van der Waals surface area contributed by atoms with Gasteiger partial charge in [-0.25, -0.2) is 10.0 Å². The third-order valence-corrected chi connectivity index (χ3v) is 7.60. The Morgan fingerprint density at radius 3 is 2.18 bits per heavy atom. The maximum absolute atomic E-state index is 12.5. The molecular formula is C18H28N3O10PS2. The number of thioether (sulfide) groups is 1. The van der Waals surface area contributed by atoms with E-state index in [2.05, 4.69) is 10.2 Å². The SMILES string of the molecule is CCOP(=S)(NN1C(=O)CS/C1=N/[C@@H]1OC[C@@H](OC(C)=O)[C@H](OC(C)=O)[C@H]1OC(C)=O)OCC. The number of ether oxygens (including phenoxy) is 4. The fourth-order valence-corrected chi connectivity index (χ4v) is 6.16. The van der Waals surface area contributed by atoms with Crippen molar-refractivity contribution < 1.29 is 47.2 Å². The van der Waals surface area contributed by atoms with Gasteiger partial charge in [0, 0.05) is 20.8 Å². The van der Waals surface area contributed by atoms with Crippen molar-refractivity contribution in [3.63, 3.8) is 0 Å². The Morgan fingerprint density at radius 1 is 1.09 bits per heavy atom. The number of nitrogens with one attached hydrogen (secondary N) is 1. The third kappa shape index (κ3) is 7.97. The van der Waals surface area contributed by atoms with E-state index in [0.717, 1.165) is 30.6 Å². The number of carbonyl (C=O) groups is 4. The van der Waals surface area contributed by atoms with Crippen LogP contribution in [0.2, 0.25) is 0 Å². The summed E-state index contributed by atoms with van der Waals surface area (Å²) in [4.78, 5) is 52.0. The molecule has 2 heterocycles. The fraction of sp³-hybridized carbons (Fsp3) is 0.722. The Morgan fingerprint density at radius 2 is 1.65 bits per heavy atom. The molecule has 0 unspecified atom stereocenters. The summed E-state index contributed by atoms with van der Waals surface area (Å²) in [5.74, 6) is -2.33. The van der Waals surface area contributed by atoms with Gasteiger partial charge < -0.3 is 28.0 Å². The first kappa shape index (κ1) is 28.6. The van der Waals surface area contributed by atoms with Crippen LogP contribution in [0.15, 0.2) is 4.99 Å². The lowest BCUT2D eigenvalue weighted by atomic mass is 10.0. The molecule has 2 aliphatic heterocycles. The quantitative estimate of drug-likeness (QED) is 0.237. The molecule has 1 N–H and O–H groups in total. The molecule has 0 aromatic carbocycles.